The van der Waals surface area contributed by atoms with Crippen molar-refractivity contribution in [2.75, 3.05) is 5.32 Å². The molecule has 0 saturated carbocycles. The van der Waals surface area contributed by atoms with E-state index in [0.29, 0.717) is 5.96 Å². The Bertz CT molecular complexity index is 679. The topological polar surface area (TPSA) is 59.6 Å². The maximum atomic E-state index is 6.06. The predicted octanol–water partition coefficient (Wildman–Crippen LogP) is 3.50. The molecule has 4 nitrogen and oxygen atoms in total. The van der Waals surface area contributed by atoms with Crippen LogP contribution in [0.25, 0.3) is 0 Å². The van der Waals surface area contributed by atoms with E-state index in [0.717, 1.165) is 23.4 Å². The van der Waals surface area contributed by atoms with Crippen LogP contribution < -0.4 is 15.8 Å². The highest BCUT2D eigenvalue weighted by molar-refractivity contribution is 5.92. The lowest BCUT2D eigenvalue weighted by molar-refractivity contribution is 0.229. The lowest BCUT2D eigenvalue weighted by Gasteiger charge is -2.12. The molecule has 0 radical (unpaired) electrons. The van der Waals surface area contributed by atoms with Gasteiger partial charge in [-0.15, -0.1) is 0 Å². The van der Waals surface area contributed by atoms with Gasteiger partial charge in [-0.1, -0.05) is 37.3 Å². The number of guanidine groups is 1. The summed E-state index contributed by atoms with van der Waals surface area (Å²) >= 11 is 0. The maximum absolute atomic E-state index is 6.06. The number of rotatable bonds is 3. The molecule has 3 N–H and O–H groups in total. The number of nitrogens with zero attached hydrogens (tertiary/aromatic N) is 1. The second-order valence-corrected chi connectivity index (χ2v) is 5.50. The van der Waals surface area contributed by atoms with Crippen LogP contribution in [0.15, 0.2) is 53.5 Å². The number of ether oxygens (including phenoxy) is 1. The van der Waals surface area contributed by atoms with Crippen LogP contribution in [0.1, 0.15) is 31.0 Å². The Morgan fingerprint density at radius 3 is 2.64 bits per heavy atom. The van der Waals surface area contributed by atoms with Gasteiger partial charge in [-0.25, -0.2) is 4.99 Å². The first-order valence-electron chi connectivity index (χ1n) is 7.62. The van der Waals surface area contributed by atoms with Gasteiger partial charge < -0.3 is 15.8 Å². The molecule has 2 atom stereocenters. The number of para-hydroxylation sites is 1. The fourth-order valence-corrected chi connectivity index (χ4v) is 2.68. The first-order valence-corrected chi connectivity index (χ1v) is 7.62. The van der Waals surface area contributed by atoms with E-state index in [1.807, 2.05) is 43.3 Å². The number of benzene rings is 2. The van der Waals surface area contributed by atoms with Gasteiger partial charge in [0, 0.05) is 11.3 Å². The van der Waals surface area contributed by atoms with Gasteiger partial charge in [0.25, 0.3) is 0 Å². The molecule has 2 unspecified atom stereocenters. The molecule has 1 heterocycles. The molecule has 0 saturated heterocycles. The minimum atomic E-state index is -0.0707. The Hall–Kier alpha value is -2.49. The van der Waals surface area contributed by atoms with Crippen molar-refractivity contribution in [3.05, 3.63) is 59.7 Å². The summed E-state index contributed by atoms with van der Waals surface area (Å²) in [5.74, 6) is 1.30. The molecule has 0 aromatic heterocycles. The third-order valence-electron chi connectivity index (χ3n) is 3.91. The summed E-state index contributed by atoms with van der Waals surface area (Å²) < 4.78 is 5.81. The first kappa shape index (κ1) is 14.4. The lowest BCUT2D eigenvalue weighted by atomic mass is 10.1. The molecular weight excluding hydrogens is 274 g/mol. The standard InChI is InChI=1S/C18H21N3O/c1-3-13-8-10-14(11-9-13)20-18(19)21-17-12(2)22-16-7-5-4-6-15(16)17/h4-12,17H,3H2,1-2H3,(H3,19,20,21). The zero-order chi connectivity index (χ0) is 15.5. The molecule has 0 aliphatic carbocycles. The molecule has 4 heteroatoms. The number of hydrogen-bond donors (Lipinski definition) is 2. The molecule has 1 aliphatic rings. The summed E-state index contributed by atoms with van der Waals surface area (Å²) in [6.45, 7) is 4.15. The molecule has 2 aromatic carbocycles. The minimum absolute atomic E-state index is 0.0137. The van der Waals surface area contributed by atoms with Gasteiger partial charge in [0.1, 0.15) is 17.9 Å². The molecule has 114 valence electrons. The summed E-state index contributed by atoms with van der Waals surface area (Å²) in [6.07, 6.45) is 1.01. The Labute approximate surface area is 131 Å². The van der Waals surface area contributed by atoms with E-state index < -0.39 is 0 Å². The van der Waals surface area contributed by atoms with E-state index >= 15 is 0 Å². The van der Waals surface area contributed by atoms with Crippen LogP contribution in [-0.2, 0) is 6.42 Å². The average molecular weight is 295 g/mol. The van der Waals surface area contributed by atoms with Gasteiger partial charge in [-0.2, -0.15) is 0 Å². The van der Waals surface area contributed by atoms with E-state index in [2.05, 4.69) is 29.4 Å². The molecule has 2 aromatic rings. The van der Waals surface area contributed by atoms with Gasteiger partial charge in [0.2, 0.25) is 0 Å². The van der Waals surface area contributed by atoms with Crippen LogP contribution in [0.4, 0.5) is 5.69 Å². The van der Waals surface area contributed by atoms with Crippen molar-refractivity contribution in [3.63, 3.8) is 0 Å². The number of anilines is 1. The van der Waals surface area contributed by atoms with Crippen molar-refractivity contribution >= 4 is 11.6 Å². The summed E-state index contributed by atoms with van der Waals surface area (Å²) in [6, 6.07) is 16.1. The molecule has 0 amide bonds. The third kappa shape index (κ3) is 2.91. The average Bonchev–Trinajstić information content (AvgIpc) is 2.84. The molecule has 22 heavy (non-hydrogen) atoms. The normalized spacial score (nSPS) is 20.4. The van der Waals surface area contributed by atoms with Crippen LogP contribution in [0.5, 0.6) is 5.75 Å². The second-order valence-electron chi connectivity index (χ2n) is 5.50. The molecular formula is C18H21N3O. The highest BCUT2D eigenvalue weighted by Crippen LogP contribution is 2.38. The van der Waals surface area contributed by atoms with Crippen molar-refractivity contribution < 1.29 is 4.74 Å². The largest absolute Gasteiger partial charge is 0.488 e. The number of hydrogen-bond acceptors (Lipinski definition) is 2. The van der Waals surface area contributed by atoms with Crippen LogP contribution in [0.2, 0.25) is 0 Å². The Kier molecular flexibility index (Phi) is 4.00. The van der Waals surface area contributed by atoms with E-state index in [1.54, 1.807) is 0 Å². The number of fused-ring (bicyclic) bond motifs is 1. The van der Waals surface area contributed by atoms with Gasteiger partial charge >= 0.3 is 0 Å². The number of aliphatic imine (C=N–C) groups is 1. The molecule has 0 fully saturated rings. The summed E-state index contributed by atoms with van der Waals surface area (Å²) in [5, 5.41) is 3.14. The number of nitrogens with one attached hydrogen (secondary N) is 1. The fraction of sp³-hybridized carbons (Fsp3) is 0.278. The number of nitrogens with two attached hydrogens (primary N) is 1. The number of aryl methyl sites for hydroxylation is 1. The molecule has 0 spiro atoms. The minimum Gasteiger partial charge on any atom is -0.488 e. The van der Waals surface area contributed by atoms with E-state index in [4.69, 9.17) is 10.5 Å². The zero-order valence-electron chi connectivity index (χ0n) is 12.9. The fourth-order valence-electron chi connectivity index (χ4n) is 2.68. The van der Waals surface area contributed by atoms with Crippen molar-refractivity contribution in [2.45, 2.75) is 32.4 Å². The van der Waals surface area contributed by atoms with Gasteiger partial charge in [0.15, 0.2) is 5.96 Å². The van der Waals surface area contributed by atoms with Crippen LogP contribution in [0.3, 0.4) is 0 Å². The summed E-state index contributed by atoms with van der Waals surface area (Å²) in [5.41, 5.74) is 9.38. The molecule has 1 aliphatic heterocycles. The Balaban J connectivity index is 1.76. The quantitative estimate of drug-likeness (QED) is 0.673. The van der Waals surface area contributed by atoms with E-state index in [-0.39, 0.29) is 12.1 Å². The molecule has 3 rings (SSSR count). The van der Waals surface area contributed by atoms with Crippen LogP contribution >= 0.6 is 0 Å². The third-order valence-corrected chi connectivity index (χ3v) is 3.91. The van der Waals surface area contributed by atoms with E-state index in [1.165, 1.54) is 5.56 Å². The highest BCUT2D eigenvalue weighted by atomic mass is 16.5. The SMILES string of the molecule is CCc1ccc(NC(N)=NC2c3ccccc3OC2C)cc1. The van der Waals surface area contributed by atoms with Crippen molar-refractivity contribution in [2.24, 2.45) is 10.7 Å². The maximum Gasteiger partial charge on any atom is 0.193 e. The van der Waals surface area contributed by atoms with Gasteiger partial charge in [-0.3, -0.25) is 0 Å². The monoisotopic (exact) mass is 295 g/mol. The van der Waals surface area contributed by atoms with E-state index in [9.17, 15) is 0 Å². The van der Waals surface area contributed by atoms with Crippen molar-refractivity contribution in [1.82, 2.24) is 0 Å². The Morgan fingerprint density at radius 2 is 1.91 bits per heavy atom. The van der Waals surface area contributed by atoms with Crippen molar-refractivity contribution in [3.8, 4) is 5.75 Å². The summed E-state index contributed by atoms with van der Waals surface area (Å²) in [4.78, 5) is 4.59. The summed E-state index contributed by atoms with van der Waals surface area (Å²) in [7, 11) is 0. The molecule has 0 bridgehead atoms. The van der Waals surface area contributed by atoms with Crippen LogP contribution in [0, 0.1) is 0 Å². The smallest absolute Gasteiger partial charge is 0.193 e. The van der Waals surface area contributed by atoms with Gasteiger partial charge in [0.05, 0.1) is 0 Å². The Morgan fingerprint density at radius 1 is 1.18 bits per heavy atom. The van der Waals surface area contributed by atoms with Crippen molar-refractivity contribution in [1.29, 1.82) is 0 Å². The zero-order valence-corrected chi connectivity index (χ0v) is 12.9. The lowest BCUT2D eigenvalue weighted by Crippen LogP contribution is -2.25. The second kappa shape index (κ2) is 6.10. The predicted molar refractivity (Wildman–Crippen MR) is 90.3 cm³/mol. The van der Waals surface area contributed by atoms with Gasteiger partial charge in [-0.05, 0) is 37.1 Å². The first-order chi connectivity index (χ1) is 10.7. The highest BCUT2D eigenvalue weighted by Gasteiger charge is 2.30. The van der Waals surface area contributed by atoms with Crippen LogP contribution in [-0.4, -0.2) is 12.1 Å².